The topological polar surface area (TPSA) is 131 Å². The molecule has 3 aromatic carbocycles. The number of nitrogens with one attached hydrogen (secondary N) is 2. The minimum atomic E-state index is -4.24. The maximum absolute atomic E-state index is 13.2. The normalized spacial score (nSPS) is 14.5. The number of anilines is 2. The highest BCUT2D eigenvalue weighted by molar-refractivity contribution is 7.92. The zero-order valence-electron chi connectivity index (χ0n) is 21.0. The quantitative estimate of drug-likeness (QED) is 0.329. The molecule has 0 radical (unpaired) electrons. The maximum atomic E-state index is 13.2. The first-order valence-electron chi connectivity index (χ1n) is 11.9. The van der Waals surface area contributed by atoms with E-state index in [2.05, 4.69) is 10.0 Å². The molecule has 1 fully saturated rings. The molecule has 10 nitrogen and oxygen atoms in total. The van der Waals surface area contributed by atoms with Crippen LogP contribution in [-0.4, -0.2) is 60.0 Å². The molecular formula is C25H24Cl3N3O7S2. The third-order valence-corrected chi connectivity index (χ3v) is 10.2. The van der Waals surface area contributed by atoms with Crippen molar-refractivity contribution in [2.75, 3.05) is 42.9 Å². The summed E-state index contributed by atoms with van der Waals surface area (Å²) in [5, 5.41) is 2.23. The van der Waals surface area contributed by atoms with E-state index in [1.165, 1.54) is 34.6 Å². The van der Waals surface area contributed by atoms with Crippen molar-refractivity contribution < 1.29 is 31.1 Å². The highest BCUT2D eigenvalue weighted by Gasteiger charge is 2.28. The van der Waals surface area contributed by atoms with Crippen molar-refractivity contribution in [2.24, 2.45) is 0 Å². The monoisotopic (exact) mass is 647 g/mol. The van der Waals surface area contributed by atoms with Gasteiger partial charge in [0.25, 0.3) is 15.9 Å². The van der Waals surface area contributed by atoms with Crippen LogP contribution in [0.25, 0.3) is 0 Å². The summed E-state index contributed by atoms with van der Waals surface area (Å²) < 4.78 is 66.6. The van der Waals surface area contributed by atoms with Gasteiger partial charge in [-0.2, -0.15) is 4.31 Å². The van der Waals surface area contributed by atoms with Crippen LogP contribution in [0.4, 0.5) is 11.4 Å². The van der Waals surface area contributed by atoms with Crippen molar-refractivity contribution in [2.45, 2.75) is 16.7 Å². The summed E-state index contributed by atoms with van der Waals surface area (Å²) in [7, 11) is -8.12. The first-order chi connectivity index (χ1) is 18.9. The molecule has 3 aromatic rings. The van der Waals surface area contributed by atoms with E-state index in [4.69, 9.17) is 44.3 Å². The molecule has 0 aliphatic carbocycles. The summed E-state index contributed by atoms with van der Waals surface area (Å²) in [6, 6.07) is 12.3. The second-order valence-electron chi connectivity index (χ2n) is 8.44. The zero-order chi connectivity index (χ0) is 29.1. The van der Waals surface area contributed by atoms with Gasteiger partial charge in [-0.1, -0.05) is 34.8 Å². The van der Waals surface area contributed by atoms with Crippen LogP contribution in [-0.2, 0) is 24.8 Å². The lowest BCUT2D eigenvalue weighted by Crippen LogP contribution is -2.40. The van der Waals surface area contributed by atoms with Gasteiger partial charge in [-0.05, 0) is 61.5 Å². The summed E-state index contributed by atoms with van der Waals surface area (Å²) in [5.41, 5.74) is 0.00475. The van der Waals surface area contributed by atoms with Crippen LogP contribution in [0.3, 0.4) is 0 Å². The van der Waals surface area contributed by atoms with Gasteiger partial charge >= 0.3 is 0 Å². The minimum Gasteiger partial charge on any atom is -0.494 e. The van der Waals surface area contributed by atoms with Crippen LogP contribution in [0.2, 0.25) is 15.1 Å². The van der Waals surface area contributed by atoms with E-state index in [0.717, 1.165) is 12.1 Å². The fourth-order valence-electron chi connectivity index (χ4n) is 3.79. The van der Waals surface area contributed by atoms with Gasteiger partial charge in [0.1, 0.15) is 10.6 Å². The van der Waals surface area contributed by atoms with Crippen molar-refractivity contribution in [3.8, 4) is 5.75 Å². The number of amides is 1. The van der Waals surface area contributed by atoms with Crippen molar-refractivity contribution in [3.63, 3.8) is 0 Å². The van der Waals surface area contributed by atoms with Gasteiger partial charge in [0, 0.05) is 18.8 Å². The van der Waals surface area contributed by atoms with Gasteiger partial charge in [0.15, 0.2) is 0 Å². The van der Waals surface area contributed by atoms with Gasteiger partial charge in [-0.15, -0.1) is 0 Å². The molecule has 0 saturated carbocycles. The number of carbonyl (C=O) groups is 1. The number of benzene rings is 3. The number of halogens is 3. The number of rotatable bonds is 9. The maximum Gasteiger partial charge on any atom is 0.263 e. The predicted molar refractivity (Wildman–Crippen MR) is 154 cm³/mol. The molecule has 0 unspecified atom stereocenters. The summed E-state index contributed by atoms with van der Waals surface area (Å²) in [6.07, 6.45) is 0. The zero-order valence-corrected chi connectivity index (χ0v) is 24.9. The summed E-state index contributed by atoms with van der Waals surface area (Å²) in [6.45, 7) is 3.19. The smallest absolute Gasteiger partial charge is 0.263 e. The van der Waals surface area contributed by atoms with E-state index in [-0.39, 0.29) is 63.2 Å². The Morgan fingerprint density at radius 1 is 0.925 bits per heavy atom. The molecule has 0 atom stereocenters. The lowest BCUT2D eigenvalue weighted by Gasteiger charge is -2.26. The average Bonchev–Trinajstić information content (AvgIpc) is 2.91. The van der Waals surface area contributed by atoms with E-state index in [0.29, 0.717) is 12.4 Å². The largest absolute Gasteiger partial charge is 0.494 e. The number of morpholine rings is 1. The molecule has 1 heterocycles. The summed E-state index contributed by atoms with van der Waals surface area (Å²) in [4.78, 5) is 12.7. The minimum absolute atomic E-state index is 0.0102. The highest BCUT2D eigenvalue weighted by atomic mass is 35.5. The average molecular weight is 649 g/mol. The van der Waals surface area contributed by atoms with Crippen molar-refractivity contribution in [3.05, 3.63) is 75.2 Å². The number of hydrogen-bond acceptors (Lipinski definition) is 7. The lowest BCUT2D eigenvalue weighted by molar-refractivity contribution is 0.0730. The van der Waals surface area contributed by atoms with E-state index in [9.17, 15) is 21.6 Å². The molecular weight excluding hydrogens is 625 g/mol. The van der Waals surface area contributed by atoms with E-state index in [1.54, 1.807) is 12.1 Å². The number of nitrogens with zero attached hydrogens (tertiary/aromatic N) is 1. The van der Waals surface area contributed by atoms with Crippen molar-refractivity contribution in [1.29, 1.82) is 0 Å². The Morgan fingerprint density at radius 2 is 1.60 bits per heavy atom. The Morgan fingerprint density at radius 3 is 2.25 bits per heavy atom. The second kappa shape index (κ2) is 12.5. The van der Waals surface area contributed by atoms with Crippen molar-refractivity contribution in [1.82, 2.24) is 4.31 Å². The molecule has 1 amide bonds. The molecule has 15 heteroatoms. The number of ether oxygens (including phenoxy) is 2. The molecule has 214 valence electrons. The molecule has 4 rings (SSSR count). The highest BCUT2D eigenvalue weighted by Crippen LogP contribution is 2.32. The summed E-state index contributed by atoms with van der Waals surface area (Å²) in [5.74, 6) is -0.267. The van der Waals surface area contributed by atoms with Gasteiger partial charge in [0.2, 0.25) is 10.0 Å². The van der Waals surface area contributed by atoms with Crippen LogP contribution >= 0.6 is 34.8 Å². The van der Waals surface area contributed by atoms with Crippen molar-refractivity contribution >= 4 is 72.1 Å². The standard InChI is InChI=1S/C25H24Cl3N3O7S2/c1-2-38-17-5-3-16(4-6-17)30-39(33,34)24-14-19(21(27)15-22(24)28)25(32)29-23-13-18(7-8-20(23)26)40(35,36)31-9-11-37-12-10-31/h3-8,13-15,30H,2,9-12H2,1H3,(H,29,32). The predicted octanol–water partition coefficient (Wildman–Crippen LogP) is 5.12. The molecule has 0 bridgehead atoms. The van der Waals surface area contributed by atoms with Crippen LogP contribution in [0.1, 0.15) is 17.3 Å². The van der Waals surface area contributed by atoms with E-state index >= 15 is 0 Å². The molecule has 0 aromatic heterocycles. The lowest BCUT2D eigenvalue weighted by atomic mass is 10.2. The second-order valence-corrected chi connectivity index (χ2v) is 13.2. The Kier molecular flexibility index (Phi) is 9.51. The Balaban J connectivity index is 1.60. The van der Waals surface area contributed by atoms with Crippen LogP contribution in [0, 0.1) is 0 Å². The first kappa shape index (κ1) is 30.4. The molecule has 0 spiro atoms. The molecule has 1 aliphatic heterocycles. The third-order valence-electron chi connectivity index (χ3n) is 5.77. The Bertz CT molecular complexity index is 1630. The van der Waals surface area contributed by atoms with Gasteiger partial charge < -0.3 is 14.8 Å². The van der Waals surface area contributed by atoms with Gasteiger partial charge in [0.05, 0.1) is 51.0 Å². The molecule has 1 aliphatic rings. The van der Waals surface area contributed by atoms with Crippen LogP contribution in [0.15, 0.2) is 64.4 Å². The third kappa shape index (κ3) is 6.82. The van der Waals surface area contributed by atoms with E-state index in [1.807, 2.05) is 6.92 Å². The Labute approximate surface area is 247 Å². The SMILES string of the molecule is CCOc1ccc(NS(=O)(=O)c2cc(C(=O)Nc3cc(S(=O)(=O)N4CCOCC4)ccc3Cl)c(Cl)cc2Cl)cc1. The number of carbonyl (C=O) groups excluding carboxylic acids is 1. The molecule has 40 heavy (non-hydrogen) atoms. The van der Waals surface area contributed by atoms with Gasteiger partial charge in [-0.25, -0.2) is 16.8 Å². The fourth-order valence-corrected chi connectivity index (χ4v) is 7.31. The Hall–Kier alpha value is -2.58. The van der Waals surface area contributed by atoms with Gasteiger partial charge in [-0.3, -0.25) is 9.52 Å². The molecule has 2 N–H and O–H groups in total. The number of sulfonamides is 2. The summed E-state index contributed by atoms with van der Waals surface area (Å²) >= 11 is 18.7. The van der Waals surface area contributed by atoms with Crippen LogP contribution in [0.5, 0.6) is 5.75 Å². The number of hydrogen-bond donors (Lipinski definition) is 2. The molecule has 1 saturated heterocycles. The van der Waals surface area contributed by atoms with Crippen LogP contribution < -0.4 is 14.8 Å². The first-order valence-corrected chi connectivity index (χ1v) is 15.9. The van der Waals surface area contributed by atoms with E-state index < -0.39 is 30.8 Å². The fraction of sp³-hybridized carbons (Fsp3) is 0.240.